The second-order valence-corrected chi connectivity index (χ2v) is 9.32. The summed E-state index contributed by atoms with van der Waals surface area (Å²) >= 11 is 1.49. The molecule has 1 aliphatic heterocycles. The van der Waals surface area contributed by atoms with Gasteiger partial charge in [0.05, 0.1) is 4.70 Å². The number of nitrogens with zero attached hydrogens (tertiary/aromatic N) is 3. The van der Waals surface area contributed by atoms with E-state index >= 15 is 0 Å². The molecular weight excluding hydrogens is 387 g/mol. The van der Waals surface area contributed by atoms with E-state index in [-0.39, 0.29) is 17.3 Å². The average molecular weight is 413 g/mol. The second kappa shape index (κ2) is 7.63. The number of urea groups is 1. The topological polar surface area (TPSA) is 48.5 Å². The van der Waals surface area contributed by atoms with Gasteiger partial charge in [0.1, 0.15) is 11.3 Å². The Balaban J connectivity index is 1.36. The van der Waals surface area contributed by atoms with Gasteiger partial charge in [0.15, 0.2) is 5.13 Å². The third-order valence-electron chi connectivity index (χ3n) is 5.20. The zero-order chi connectivity index (χ0) is 20.6. The lowest BCUT2D eigenvalue weighted by atomic mass is 9.87. The highest BCUT2D eigenvalue weighted by Gasteiger charge is 2.24. The van der Waals surface area contributed by atoms with Crippen LogP contribution in [0.4, 0.5) is 20.0 Å². The van der Waals surface area contributed by atoms with Gasteiger partial charge in [-0.25, -0.2) is 14.2 Å². The molecule has 2 amide bonds. The summed E-state index contributed by atoms with van der Waals surface area (Å²) in [5, 5.41) is 3.79. The van der Waals surface area contributed by atoms with Crippen LogP contribution in [0.1, 0.15) is 26.3 Å². The summed E-state index contributed by atoms with van der Waals surface area (Å²) in [7, 11) is 0. The number of para-hydroxylation sites is 1. The lowest BCUT2D eigenvalue weighted by Crippen LogP contribution is -2.50. The fraction of sp³-hybridized carbons (Fsp3) is 0.364. The highest BCUT2D eigenvalue weighted by Crippen LogP contribution is 2.30. The summed E-state index contributed by atoms with van der Waals surface area (Å²) in [5.41, 5.74) is 2.54. The monoisotopic (exact) mass is 412 g/mol. The maximum Gasteiger partial charge on any atom is 0.321 e. The molecule has 5 nitrogen and oxygen atoms in total. The van der Waals surface area contributed by atoms with Crippen molar-refractivity contribution in [3.63, 3.8) is 0 Å². The third-order valence-corrected chi connectivity index (χ3v) is 6.28. The Morgan fingerprint density at radius 3 is 2.38 bits per heavy atom. The molecule has 0 spiro atoms. The van der Waals surface area contributed by atoms with Gasteiger partial charge in [-0.1, -0.05) is 50.3 Å². The van der Waals surface area contributed by atoms with Gasteiger partial charge in [-0.15, -0.1) is 0 Å². The molecule has 4 rings (SSSR count). The van der Waals surface area contributed by atoms with Crippen molar-refractivity contribution >= 4 is 38.4 Å². The summed E-state index contributed by atoms with van der Waals surface area (Å²) in [6.07, 6.45) is 0. The van der Waals surface area contributed by atoms with E-state index in [0.717, 1.165) is 15.5 Å². The molecule has 0 aliphatic carbocycles. The Kier molecular flexibility index (Phi) is 5.17. The molecule has 3 aromatic rings. The molecule has 152 valence electrons. The number of hydrogen-bond acceptors (Lipinski definition) is 4. The van der Waals surface area contributed by atoms with Crippen LogP contribution >= 0.6 is 11.3 Å². The van der Waals surface area contributed by atoms with Crippen LogP contribution in [0.3, 0.4) is 0 Å². The lowest BCUT2D eigenvalue weighted by Gasteiger charge is -2.34. The van der Waals surface area contributed by atoms with Crippen LogP contribution in [0.5, 0.6) is 0 Å². The van der Waals surface area contributed by atoms with Crippen LogP contribution in [0.25, 0.3) is 10.2 Å². The van der Waals surface area contributed by atoms with Gasteiger partial charge < -0.3 is 15.1 Å². The highest BCUT2D eigenvalue weighted by molar-refractivity contribution is 7.22. The lowest BCUT2D eigenvalue weighted by molar-refractivity contribution is 0.208. The van der Waals surface area contributed by atoms with E-state index in [1.54, 1.807) is 6.07 Å². The van der Waals surface area contributed by atoms with E-state index in [1.807, 2.05) is 23.1 Å². The van der Waals surface area contributed by atoms with Crippen molar-refractivity contribution in [1.82, 2.24) is 9.88 Å². The van der Waals surface area contributed by atoms with E-state index in [9.17, 15) is 9.18 Å². The Morgan fingerprint density at radius 2 is 1.76 bits per heavy atom. The van der Waals surface area contributed by atoms with Crippen molar-refractivity contribution in [3.8, 4) is 0 Å². The van der Waals surface area contributed by atoms with Crippen molar-refractivity contribution in [3.05, 3.63) is 53.8 Å². The molecule has 2 aromatic carbocycles. The summed E-state index contributed by atoms with van der Waals surface area (Å²) in [6.45, 7) is 9.06. The molecular formula is C22H25FN4OS. The number of amides is 2. The first kappa shape index (κ1) is 19.6. The zero-order valence-corrected chi connectivity index (χ0v) is 17.7. The minimum Gasteiger partial charge on any atom is -0.345 e. The molecule has 1 N–H and O–H groups in total. The van der Waals surface area contributed by atoms with Gasteiger partial charge in [-0.2, -0.15) is 0 Å². The molecule has 0 unspecified atom stereocenters. The van der Waals surface area contributed by atoms with Crippen LogP contribution in [0.15, 0.2) is 42.5 Å². The Morgan fingerprint density at radius 1 is 1.07 bits per heavy atom. The molecule has 1 saturated heterocycles. The molecule has 0 atom stereocenters. The van der Waals surface area contributed by atoms with Crippen LogP contribution in [-0.2, 0) is 5.41 Å². The number of carbonyl (C=O) groups excluding carboxylic acids is 1. The van der Waals surface area contributed by atoms with E-state index in [2.05, 4.69) is 48.1 Å². The number of hydrogen-bond donors (Lipinski definition) is 1. The van der Waals surface area contributed by atoms with Crippen LogP contribution in [0.2, 0.25) is 0 Å². The van der Waals surface area contributed by atoms with Gasteiger partial charge in [-0.3, -0.25) is 0 Å². The summed E-state index contributed by atoms with van der Waals surface area (Å²) < 4.78 is 14.7. The van der Waals surface area contributed by atoms with Gasteiger partial charge in [0.2, 0.25) is 0 Å². The number of benzene rings is 2. The number of halogens is 1. The predicted octanol–water partition coefficient (Wildman–Crippen LogP) is 5.09. The number of anilines is 2. The molecule has 1 fully saturated rings. The number of aromatic nitrogens is 1. The van der Waals surface area contributed by atoms with Crippen LogP contribution in [-0.4, -0.2) is 42.1 Å². The average Bonchev–Trinajstić information content (AvgIpc) is 3.14. The third kappa shape index (κ3) is 4.19. The SMILES string of the molecule is CC(C)(C)c1ccc(NC(=O)N2CCN(c3nc4c(F)cccc4s3)CC2)cc1. The Labute approximate surface area is 174 Å². The standard InChI is InChI=1S/C22H25FN4OS/c1-22(2,3)15-7-9-16(10-8-15)24-20(28)26-11-13-27(14-12-26)21-25-19-17(23)5-4-6-18(19)29-21/h4-10H,11-14H2,1-3H3,(H,24,28). The molecule has 1 aliphatic rings. The summed E-state index contributed by atoms with van der Waals surface area (Å²) in [4.78, 5) is 21.0. The molecule has 0 saturated carbocycles. The number of nitrogens with one attached hydrogen (secondary N) is 1. The number of fused-ring (bicyclic) bond motifs is 1. The van der Waals surface area contributed by atoms with Crippen molar-refractivity contribution in [2.24, 2.45) is 0 Å². The molecule has 7 heteroatoms. The van der Waals surface area contributed by atoms with Crippen LogP contribution < -0.4 is 10.2 Å². The van der Waals surface area contributed by atoms with E-state index in [4.69, 9.17) is 0 Å². The number of piperazine rings is 1. The van der Waals surface area contributed by atoms with Crippen LogP contribution in [0, 0.1) is 5.82 Å². The fourth-order valence-electron chi connectivity index (χ4n) is 3.40. The largest absolute Gasteiger partial charge is 0.345 e. The van der Waals surface area contributed by atoms with Crippen molar-refractivity contribution in [1.29, 1.82) is 0 Å². The number of thiazole rings is 1. The second-order valence-electron chi connectivity index (χ2n) is 8.31. The van der Waals surface area contributed by atoms with Gasteiger partial charge >= 0.3 is 6.03 Å². The first-order chi connectivity index (χ1) is 13.8. The van der Waals surface area contributed by atoms with Crippen molar-refractivity contribution in [2.75, 3.05) is 36.4 Å². The molecule has 2 heterocycles. The minimum atomic E-state index is -0.291. The molecule has 0 radical (unpaired) electrons. The number of rotatable bonds is 2. The normalized spacial score (nSPS) is 15.0. The number of carbonyl (C=O) groups is 1. The van der Waals surface area contributed by atoms with Gasteiger partial charge in [0.25, 0.3) is 0 Å². The molecule has 0 bridgehead atoms. The van der Waals surface area contributed by atoms with E-state index in [0.29, 0.717) is 31.7 Å². The molecule has 29 heavy (non-hydrogen) atoms. The maximum atomic E-state index is 13.9. The summed E-state index contributed by atoms with van der Waals surface area (Å²) in [5.74, 6) is -0.291. The minimum absolute atomic E-state index is 0.0857. The van der Waals surface area contributed by atoms with E-state index in [1.165, 1.54) is 23.0 Å². The zero-order valence-electron chi connectivity index (χ0n) is 16.9. The maximum absolute atomic E-state index is 13.9. The first-order valence-electron chi connectivity index (χ1n) is 9.78. The van der Waals surface area contributed by atoms with Crippen molar-refractivity contribution < 1.29 is 9.18 Å². The van der Waals surface area contributed by atoms with E-state index < -0.39 is 0 Å². The highest BCUT2D eigenvalue weighted by atomic mass is 32.1. The predicted molar refractivity (Wildman–Crippen MR) is 118 cm³/mol. The van der Waals surface area contributed by atoms with Crippen molar-refractivity contribution in [2.45, 2.75) is 26.2 Å². The Bertz CT molecular complexity index is 1020. The summed E-state index contributed by atoms with van der Waals surface area (Å²) in [6, 6.07) is 12.9. The fourth-order valence-corrected chi connectivity index (χ4v) is 4.43. The quantitative estimate of drug-likeness (QED) is 0.638. The molecule has 1 aromatic heterocycles. The Hall–Kier alpha value is -2.67. The smallest absolute Gasteiger partial charge is 0.321 e. The van der Waals surface area contributed by atoms with Gasteiger partial charge in [-0.05, 0) is 35.2 Å². The van der Waals surface area contributed by atoms with Gasteiger partial charge in [0, 0.05) is 31.9 Å². The first-order valence-corrected chi connectivity index (χ1v) is 10.6.